The third-order valence-corrected chi connectivity index (χ3v) is 3.18. The zero-order valence-electron chi connectivity index (χ0n) is 10.6. The number of hydrogen-bond donors (Lipinski definition) is 1. The van der Waals surface area contributed by atoms with Gasteiger partial charge in [0.05, 0.1) is 26.0 Å². The molecule has 0 atom stereocenters. The molecule has 0 unspecified atom stereocenters. The quantitative estimate of drug-likeness (QED) is 0.732. The van der Waals surface area contributed by atoms with E-state index in [0.717, 1.165) is 31.0 Å². The largest absolute Gasteiger partial charge is 0.468 e. The Labute approximate surface area is 103 Å². The minimum absolute atomic E-state index is 0.654. The highest BCUT2D eigenvalue weighted by atomic mass is 16.5. The van der Waals surface area contributed by atoms with Crippen molar-refractivity contribution in [1.82, 2.24) is 10.2 Å². The normalized spacial score (nSPS) is 16.8. The smallest absolute Gasteiger partial charge is 0.123 e. The van der Waals surface area contributed by atoms with Crippen LogP contribution in [0.5, 0.6) is 0 Å². The Kier molecular flexibility index (Phi) is 5.04. The fourth-order valence-electron chi connectivity index (χ4n) is 2.19. The summed E-state index contributed by atoms with van der Waals surface area (Å²) in [6.07, 6.45) is 4.41. The van der Waals surface area contributed by atoms with Crippen molar-refractivity contribution in [2.75, 3.05) is 33.3 Å². The van der Waals surface area contributed by atoms with Crippen molar-refractivity contribution in [2.45, 2.75) is 26.0 Å². The van der Waals surface area contributed by atoms with Crippen LogP contribution in [0.3, 0.4) is 0 Å². The van der Waals surface area contributed by atoms with Crippen LogP contribution in [0.25, 0.3) is 0 Å². The van der Waals surface area contributed by atoms with E-state index in [1.807, 2.05) is 13.1 Å². The highest BCUT2D eigenvalue weighted by Gasteiger charge is 2.11. The average Bonchev–Trinajstić information content (AvgIpc) is 2.96. The summed E-state index contributed by atoms with van der Waals surface area (Å²) in [6, 6.07) is 1.99. The second kappa shape index (κ2) is 6.79. The molecule has 1 aliphatic rings. The summed E-state index contributed by atoms with van der Waals surface area (Å²) in [5.41, 5.74) is 1.15. The summed E-state index contributed by atoms with van der Waals surface area (Å²) >= 11 is 0. The number of likely N-dealkylation sites (tertiary alicyclic amines) is 1. The third-order valence-electron chi connectivity index (χ3n) is 3.18. The lowest BCUT2D eigenvalue weighted by atomic mass is 10.2. The molecule has 0 spiro atoms. The van der Waals surface area contributed by atoms with Gasteiger partial charge in [0, 0.05) is 12.1 Å². The van der Waals surface area contributed by atoms with Gasteiger partial charge >= 0.3 is 0 Å². The Morgan fingerprint density at radius 1 is 1.41 bits per heavy atom. The SMILES string of the molecule is CNCc1occc1COCCN1CCCC1. The maximum Gasteiger partial charge on any atom is 0.123 e. The van der Waals surface area contributed by atoms with Crippen molar-refractivity contribution in [3.05, 3.63) is 23.7 Å². The van der Waals surface area contributed by atoms with Gasteiger partial charge in [-0.2, -0.15) is 0 Å². The molecule has 0 bridgehead atoms. The van der Waals surface area contributed by atoms with Crippen molar-refractivity contribution in [3.63, 3.8) is 0 Å². The molecule has 0 radical (unpaired) electrons. The zero-order chi connectivity index (χ0) is 11.9. The first-order chi connectivity index (χ1) is 8.40. The molecule has 0 saturated carbocycles. The van der Waals surface area contributed by atoms with Crippen LogP contribution < -0.4 is 5.32 Å². The van der Waals surface area contributed by atoms with Crippen LogP contribution in [0, 0.1) is 0 Å². The highest BCUT2D eigenvalue weighted by Crippen LogP contribution is 2.12. The van der Waals surface area contributed by atoms with E-state index in [1.165, 1.54) is 25.9 Å². The molecule has 0 aliphatic carbocycles. The van der Waals surface area contributed by atoms with Gasteiger partial charge < -0.3 is 19.4 Å². The van der Waals surface area contributed by atoms with Crippen molar-refractivity contribution >= 4 is 0 Å². The van der Waals surface area contributed by atoms with Crippen LogP contribution in [0.15, 0.2) is 16.7 Å². The van der Waals surface area contributed by atoms with Gasteiger partial charge in [-0.05, 0) is 39.0 Å². The van der Waals surface area contributed by atoms with Crippen molar-refractivity contribution in [2.24, 2.45) is 0 Å². The van der Waals surface area contributed by atoms with E-state index in [4.69, 9.17) is 9.15 Å². The van der Waals surface area contributed by atoms with Crippen LogP contribution in [0.1, 0.15) is 24.2 Å². The number of ether oxygens (including phenoxy) is 1. The first-order valence-electron chi connectivity index (χ1n) is 6.40. The van der Waals surface area contributed by atoms with E-state index < -0.39 is 0 Å². The maximum absolute atomic E-state index is 5.70. The Bertz CT molecular complexity index is 319. The molecule has 4 nitrogen and oxygen atoms in total. The lowest BCUT2D eigenvalue weighted by molar-refractivity contribution is 0.0982. The van der Waals surface area contributed by atoms with Gasteiger partial charge in [-0.3, -0.25) is 0 Å². The molecule has 1 aromatic heterocycles. The molecule has 1 N–H and O–H groups in total. The monoisotopic (exact) mass is 238 g/mol. The molecule has 1 saturated heterocycles. The first-order valence-corrected chi connectivity index (χ1v) is 6.40. The van der Waals surface area contributed by atoms with Gasteiger partial charge in [0.2, 0.25) is 0 Å². The number of rotatable bonds is 7. The van der Waals surface area contributed by atoms with Gasteiger partial charge in [-0.1, -0.05) is 0 Å². The summed E-state index contributed by atoms with van der Waals surface area (Å²) < 4.78 is 11.1. The Morgan fingerprint density at radius 2 is 2.24 bits per heavy atom. The molecule has 96 valence electrons. The Morgan fingerprint density at radius 3 is 3.00 bits per heavy atom. The molecule has 4 heteroatoms. The Balaban J connectivity index is 1.65. The fourth-order valence-corrected chi connectivity index (χ4v) is 2.19. The predicted octanol–water partition coefficient (Wildman–Crippen LogP) is 1.61. The number of nitrogens with one attached hydrogen (secondary N) is 1. The van der Waals surface area contributed by atoms with Crippen molar-refractivity contribution < 1.29 is 9.15 Å². The van der Waals surface area contributed by atoms with Crippen LogP contribution in [-0.4, -0.2) is 38.2 Å². The molecular formula is C13H22N2O2. The maximum atomic E-state index is 5.70. The molecule has 1 aliphatic heterocycles. The van der Waals surface area contributed by atoms with Gasteiger partial charge in [0.25, 0.3) is 0 Å². The van der Waals surface area contributed by atoms with Crippen LogP contribution in [0.4, 0.5) is 0 Å². The standard InChI is InChI=1S/C13H22N2O2/c1-14-10-13-12(4-8-17-13)11-16-9-7-15-5-2-3-6-15/h4,8,14H,2-3,5-7,9-11H2,1H3. The van der Waals surface area contributed by atoms with E-state index in [-0.39, 0.29) is 0 Å². The molecule has 2 rings (SSSR count). The number of hydrogen-bond acceptors (Lipinski definition) is 4. The van der Waals surface area contributed by atoms with Crippen molar-refractivity contribution in [3.8, 4) is 0 Å². The van der Waals surface area contributed by atoms with E-state index in [9.17, 15) is 0 Å². The van der Waals surface area contributed by atoms with Gasteiger partial charge in [-0.15, -0.1) is 0 Å². The molecule has 2 heterocycles. The lowest BCUT2D eigenvalue weighted by Gasteiger charge is -2.14. The van der Waals surface area contributed by atoms with Crippen LogP contribution >= 0.6 is 0 Å². The summed E-state index contributed by atoms with van der Waals surface area (Å²) in [6.45, 7) is 5.75. The van der Waals surface area contributed by atoms with Crippen molar-refractivity contribution in [1.29, 1.82) is 0 Å². The summed E-state index contributed by atoms with van der Waals surface area (Å²) in [5, 5.41) is 3.09. The Hall–Kier alpha value is -0.840. The van der Waals surface area contributed by atoms with Gasteiger partial charge in [-0.25, -0.2) is 0 Å². The van der Waals surface area contributed by atoms with Gasteiger partial charge in [0.1, 0.15) is 5.76 Å². The van der Waals surface area contributed by atoms with Crippen LogP contribution in [-0.2, 0) is 17.9 Å². The second-order valence-electron chi connectivity index (χ2n) is 4.50. The minimum atomic E-state index is 0.654. The minimum Gasteiger partial charge on any atom is -0.468 e. The molecule has 0 amide bonds. The van der Waals surface area contributed by atoms with E-state index in [1.54, 1.807) is 6.26 Å². The van der Waals surface area contributed by atoms with E-state index in [2.05, 4.69) is 10.2 Å². The summed E-state index contributed by atoms with van der Waals surface area (Å²) in [4.78, 5) is 2.46. The second-order valence-corrected chi connectivity index (χ2v) is 4.50. The molecule has 0 aromatic carbocycles. The summed E-state index contributed by atoms with van der Waals surface area (Å²) in [7, 11) is 1.92. The topological polar surface area (TPSA) is 37.6 Å². The van der Waals surface area contributed by atoms with E-state index in [0.29, 0.717) is 6.61 Å². The predicted molar refractivity (Wildman–Crippen MR) is 66.8 cm³/mol. The fraction of sp³-hybridized carbons (Fsp3) is 0.692. The van der Waals surface area contributed by atoms with E-state index >= 15 is 0 Å². The van der Waals surface area contributed by atoms with Gasteiger partial charge in [0.15, 0.2) is 0 Å². The molecular weight excluding hydrogens is 216 g/mol. The third kappa shape index (κ3) is 3.84. The average molecular weight is 238 g/mol. The first kappa shape index (κ1) is 12.6. The zero-order valence-corrected chi connectivity index (χ0v) is 10.6. The highest BCUT2D eigenvalue weighted by molar-refractivity contribution is 5.15. The number of furan rings is 1. The lowest BCUT2D eigenvalue weighted by Crippen LogP contribution is -2.24. The number of nitrogens with zero attached hydrogens (tertiary/aromatic N) is 1. The van der Waals surface area contributed by atoms with Crippen LogP contribution in [0.2, 0.25) is 0 Å². The molecule has 17 heavy (non-hydrogen) atoms. The summed E-state index contributed by atoms with van der Waals surface area (Å²) in [5.74, 6) is 0.980. The molecule has 1 fully saturated rings. The molecule has 1 aromatic rings.